The molecule has 4 atom stereocenters. The number of nitrogens with one attached hydrogen (secondary N) is 1. The van der Waals surface area contributed by atoms with Gasteiger partial charge in [0.1, 0.15) is 6.04 Å². The molecule has 1 N–H and O–H groups in total. The van der Waals surface area contributed by atoms with E-state index in [1.807, 2.05) is 22.0 Å². The molecular weight excluding hydrogens is 407 g/mol. The van der Waals surface area contributed by atoms with Crippen molar-refractivity contribution in [3.63, 3.8) is 0 Å². The molecular formula is C21H19FN4O5. The number of hydrogen-bond acceptors (Lipinski definition) is 8. The first-order valence-electron chi connectivity index (χ1n) is 10.3. The molecule has 6 rings (SSSR count). The van der Waals surface area contributed by atoms with E-state index >= 15 is 4.39 Å². The van der Waals surface area contributed by atoms with Gasteiger partial charge in [-0.25, -0.2) is 4.39 Å². The van der Waals surface area contributed by atoms with Crippen LogP contribution in [-0.2, 0) is 24.0 Å². The monoisotopic (exact) mass is 426 g/mol. The lowest BCUT2D eigenvalue weighted by Crippen LogP contribution is -2.56. The Morgan fingerprint density at radius 1 is 1.26 bits per heavy atom. The van der Waals surface area contributed by atoms with E-state index in [9.17, 15) is 14.4 Å². The van der Waals surface area contributed by atoms with Crippen molar-refractivity contribution in [3.8, 4) is 0 Å². The summed E-state index contributed by atoms with van der Waals surface area (Å²) >= 11 is 0. The number of oxime groups is 1. The van der Waals surface area contributed by atoms with Crippen LogP contribution in [-0.4, -0.2) is 65.4 Å². The molecule has 0 aromatic carbocycles. The SMILES string of the molecule is O=CNC1CCN(C2=CC3C=C4C=NOC4N4C5=C(OC(=C2F)C34)C(=O)C(=O)CC5)C1. The fraction of sp³-hybridized carbons (Fsp3) is 0.429. The number of carbonyl (C=O) groups is 3. The first-order chi connectivity index (χ1) is 15.1. The van der Waals surface area contributed by atoms with Gasteiger partial charge < -0.3 is 24.7 Å². The normalized spacial score (nSPS) is 33.3. The standard InChI is InChI=1S/C21H19FN4O5/c22-16-14(25-4-3-12(8-25)23-9-27)6-10-5-11-7-24-31-21(11)26-13-1-2-15(28)18(29)19(13)30-20(16)17(10)26/h5-7,9-10,12,17,21H,1-4,8H2,(H,23,27). The summed E-state index contributed by atoms with van der Waals surface area (Å²) in [5, 5.41) is 6.66. The highest BCUT2D eigenvalue weighted by Crippen LogP contribution is 2.49. The van der Waals surface area contributed by atoms with Crippen molar-refractivity contribution in [2.24, 2.45) is 11.1 Å². The van der Waals surface area contributed by atoms with Gasteiger partial charge in [0.2, 0.25) is 18.4 Å². The lowest BCUT2D eigenvalue weighted by atomic mass is 9.81. The number of halogens is 1. The lowest BCUT2D eigenvalue weighted by molar-refractivity contribution is -0.138. The number of ether oxygens (including phenoxy) is 1. The average molecular weight is 426 g/mol. The molecule has 10 heteroatoms. The van der Waals surface area contributed by atoms with Crippen molar-refractivity contribution in [2.45, 2.75) is 37.6 Å². The minimum atomic E-state index is -0.737. The minimum absolute atomic E-state index is 0.0156. The number of likely N-dealkylation sites (tertiary alicyclic amines) is 1. The van der Waals surface area contributed by atoms with Crippen molar-refractivity contribution < 1.29 is 28.3 Å². The Bertz CT molecular complexity index is 1070. The number of hydrogen-bond donors (Lipinski definition) is 1. The van der Waals surface area contributed by atoms with Gasteiger partial charge >= 0.3 is 0 Å². The van der Waals surface area contributed by atoms with Gasteiger partial charge in [-0.15, -0.1) is 0 Å². The fourth-order valence-electron chi connectivity index (χ4n) is 5.26. The summed E-state index contributed by atoms with van der Waals surface area (Å²) in [6.45, 7) is 1.05. The number of ketones is 2. The highest BCUT2D eigenvalue weighted by Gasteiger charge is 2.53. The van der Waals surface area contributed by atoms with Gasteiger partial charge in [-0.3, -0.25) is 14.4 Å². The highest BCUT2D eigenvalue weighted by molar-refractivity contribution is 6.43. The third kappa shape index (κ3) is 2.53. The van der Waals surface area contributed by atoms with Crippen LogP contribution in [0.25, 0.3) is 0 Å². The number of Topliss-reactive ketones (excluding diaryl/α,β-unsaturated/α-hetero) is 2. The Morgan fingerprint density at radius 2 is 2.13 bits per heavy atom. The van der Waals surface area contributed by atoms with Crippen LogP contribution in [0.4, 0.5) is 4.39 Å². The summed E-state index contributed by atoms with van der Waals surface area (Å²) in [5.41, 5.74) is 1.75. The van der Waals surface area contributed by atoms with Gasteiger partial charge in [0, 0.05) is 37.0 Å². The van der Waals surface area contributed by atoms with Crippen molar-refractivity contribution in [2.75, 3.05) is 13.1 Å². The second kappa shape index (κ2) is 6.53. The summed E-state index contributed by atoms with van der Waals surface area (Å²) in [6.07, 6.45) is 6.65. The summed E-state index contributed by atoms with van der Waals surface area (Å²) in [6, 6.07) is -0.584. The second-order valence-corrected chi connectivity index (χ2v) is 8.36. The maximum Gasteiger partial charge on any atom is 0.265 e. The van der Waals surface area contributed by atoms with Gasteiger partial charge in [0.15, 0.2) is 17.3 Å². The van der Waals surface area contributed by atoms with E-state index in [1.165, 1.54) is 0 Å². The number of nitrogens with zero attached hydrogens (tertiary/aromatic N) is 3. The Balaban J connectivity index is 1.46. The van der Waals surface area contributed by atoms with Crippen LogP contribution in [0.5, 0.6) is 0 Å². The number of fused-ring (bicyclic) bond motifs is 3. The maximum absolute atomic E-state index is 15.8. The molecule has 9 nitrogen and oxygen atoms in total. The lowest BCUT2D eigenvalue weighted by Gasteiger charge is -2.49. The smallest absolute Gasteiger partial charge is 0.265 e. The Morgan fingerprint density at radius 3 is 2.97 bits per heavy atom. The van der Waals surface area contributed by atoms with E-state index in [0.717, 1.165) is 5.57 Å². The summed E-state index contributed by atoms with van der Waals surface area (Å²) in [5.74, 6) is -2.17. The molecule has 2 aliphatic carbocycles. The van der Waals surface area contributed by atoms with Gasteiger partial charge in [0.25, 0.3) is 5.78 Å². The molecule has 160 valence electrons. The van der Waals surface area contributed by atoms with Crippen LogP contribution in [0, 0.1) is 5.92 Å². The van der Waals surface area contributed by atoms with E-state index in [1.54, 1.807) is 6.21 Å². The van der Waals surface area contributed by atoms with Gasteiger partial charge in [-0.05, 0) is 18.9 Å². The third-order valence-corrected chi connectivity index (χ3v) is 6.68. The molecule has 4 heterocycles. The van der Waals surface area contributed by atoms with E-state index < -0.39 is 29.7 Å². The Kier molecular flexibility index (Phi) is 3.87. The average Bonchev–Trinajstić information content (AvgIpc) is 3.42. The topological polar surface area (TPSA) is 101 Å². The molecule has 0 bridgehead atoms. The van der Waals surface area contributed by atoms with Crippen LogP contribution in [0.2, 0.25) is 0 Å². The summed E-state index contributed by atoms with van der Waals surface area (Å²) in [4.78, 5) is 44.7. The van der Waals surface area contributed by atoms with Crippen LogP contribution in [0.15, 0.2) is 51.6 Å². The van der Waals surface area contributed by atoms with Crippen LogP contribution < -0.4 is 5.32 Å². The zero-order valence-electron chi connectivity index (χ0n) is 16.4. The number of allylic oxidation sites excluding steroid dienone is 3. The van der Waals surface area contributed by atoms with E-state index in [2.05, 4.69) is 10.5 Å². The molecule has 0 saturated carbocycles. The molecule has 0 aromatic rings. The number of amides is 1. The molecule has 1 fully saturated rings. The summed E-state index contributed by atoms with van der Waals surface area (Å²) in [7, 11) is 0. The molecule has 1 amide bonds. The molecule has 6 aliphatic rings. The Labute approximate surface area is 176 Å². The van der Waals surface area contributed by atoms with E-state index in [4.69, 9.17) is 9.57 Å². The Hall–Kier alpha value is -3.43. The predicted molar refractivity (Wildman–Crippen MR) is 103 cm³/mol. The van der Waals surface area contributed by atoms with Crippen molar-refractivity contribution in [1.82, 2.24) is 15.1 Å². The first kappa shape index (κ1) is 18.3. The molecule has 4 aliphatic heterocycles. The van der Waals surface area contributed by atoms with E-state index in [0.29, 0.717) is 43.7 Å². The van der Waals surface area contributed by atoms with Crippen molar-refractivity contribution >= 4 is 24.2 Å². The zero-order valence-corrected chi connectivity index (χ0v) is 16.4. The molecule has 0 aromatic heterocycles. The van der Waals surface area contributed by atoms with Gasteiger partial charge in [-0.1, -0.05) is 11.2 Å². The van der Waals surface area contributed by atoms with Gasteiger partial charge in [-0.2, -0.15) is 0 Å². The summed E-state index contributed by atoms with van der Waals surface area (Å²) < 4.78 is 21.6. The van der Waals surface area contributed by atoms with Crippen molar-refractivity contribution in [1.29, 1.82) is 0 Å². The number of rotatable bonds is 3. The molecule has 0 radical (unpaired) electrons. The quantitative estimate of drug-likeness (QED) is 0.522. The second-order valence-electron chi connectivity index (χ2n) is 8.36. The van der Waals surface area contributed by atoms with E-state index in [-0.39, 0.29) is 29.9 Å². The van der Waals surface area contributed by atoms with Crippen LogP contribution >= 0.6 is 0 Å². The van der Waals surface area contributed by atoms with Crippen LogP contribution in [0.1, 0.15) is 19.3 Å². The van der Waals surface area contributed by atoms with Gasteiger partial charge in [0.05, 0.1) is 17.6 Å². The minimum Gasteiger partial charge on any atom is -0.450 e. The van der Waals surface area contributed by atoms with Crippen LogP contribution in [0.3, 0.4) is 0 Å². The highest BCUT2D eigenvalue weighted by atomic mass is 19.1. The first-order valence-corrected chi connectivity index (χ1v) is 10.3. The largest absolute Gasteiger partial charge is 0.450 e. The predicted octanol–water partition coefficient (Wildman–Crippen LogP) is 0.628. The van der Waals surface area contributed by atoms with Crippen molar-refractivity contribution in [3.05, 3.63) is 46.5 Å². The number of carbonyl (C=O) groups excluding carboxylic acids is 3. The maximum atomic E-state index is 15.8. The molecule has 31 heavy (non-hydrogen) atoms. The molecule has 4 unspecified atom stereocenters. The zero-order chi connectivity index (χ0) is 21.3. The fourth-order valence-corrected chi connectivity index (χ4v) is 5.26. The molecule has 0 spiro atoms. The third-order valence-electron chi connectivity index (χ3n) is 6.68. The molecule has 1 saturated heterocycles.